The molecular weight excluding hydrogens is 300 g/mol. The maximum absolute atomic E-state index is 12.8. The van der Waals surface area contributed by atoms with Gasteiger partial charge in [-0.15, -0.1) is 6.58 Å². The van der Waals surface area contributed by atoms with Gasteiger partial charge in [0.25, 0.3) is 15.9 Å². The molecule has 2 atom stereocenters. The fraction of sp³-hybridized carbons (Fsp3) is 0.438. The number of hydrogen-bond acceptors (Lipinski definition) is 4. The highest BCUT2D eigenvalue weighted by atomic mass is 32.2. The van der Waals surface area contributed by atoms with Crippen LogP contribution in [0.5, 0.6) is 0 Å². The molecule has 1 aliphatic carbocycles. The summed E-state index contributed by atoms with van der Waals surface area (Å²) in [4.78, 5) is 12.5. The lowest BCUT2D eigenvalue weighted by molar-refractivity contribution is -0.135. The second-order valence-corrected chi connectivity index (χ2v) is 7.91. The van der Waals surface area contributed by atoms with Crippen molar-refractivity contribution in [2.75, 3.05) is 0 Å². The van der Waals surface area contributed by atoms with E-state index in [2.05, 4.69) is 12.0 Å². The van der Waals surface area contributed by atoms with Gasteiger partial charge in [0.1, 0.15) is 0 Å². The Kier molecular flexibility index (Phi) is 3.61. The first-order valence-corrected chi connectivity index (χ1v) is 8.89. The zero-order valence-corrected chi connectivity index (χ0v) is 13.4. The van der Waals surface area contributed by atoms with Crippen molar-refractivity contribution in [1.82, 2.24) is 9.84 Å². The molecule has 2 fully saturated rings. The van der Waals surface area contributed by atoms with Crippen LogP contribution in [-0.2, 0) is 14.8 Å². The van der Waals surface area contributed by atoms with Crippen molar-refractivity contribution in [1.29, 1.82) is 0 Å². The first-order chi connectivity index (χ1) is 10.4. The summed E-state index contributed by atoms with van der Waals surface area (Å²) in [5.74, 6) is -0.271. The van der Waals surface area contributed by atoms with Gasteiger partial charge >= 0.3 is 0 Å². The standard InChI is InChI=1S/C16H20N2O3S/c1-3-16-10-4-5-13(16)11-15(19)18(17-16)22(20,21)14-8-6-12(2)7-9-14/h3,6-9,13,17H,1,4-5,10-11H2,2H3/t13-,16-/m1/s1. The Labute approximate surface area is 131 Å². The second kappa shape index (κ2) is 5.21. The number of benzene rings is 1. The number of fused-ring (bicyclic) bond motifs is 1. The third-order valence-corrected chi connectivity index (χ3v) is 6.40. The largest absolute Gasteiger partial charge is 0.280 e. The number of sulfonamides is 1. The van der Waals surface area contributed by atoms with E-state index in [4.69, 9.17) is 0 Å². The summed E-state index contributed by atoms with van der Waals surface area (Å²) in [6.07, 6.45) is 4.69. The van der Waals surface area contributed by atoms with Crippen LogP contribution in [0, 0.1) is 12.8 Å². The fourth-order valence-corrected chi connectivity index (χ4v) is 4.73. The summed E-state index contributed by atoms with van der Waals surface area (Å²) in [5, 5.41) is 0. The van der Waals surface area contributed by atoms with E-state index in [0.717, 1.165) is 29.2 Å². The van der Waals surface area contributed by atoms with Crippen LogP contribution in [0.15, 0.2) is 41.8 Å². The lowest BCUT2D eigenvalue weighted by Gasteiger charge is -2.42. The van der Waals surface area contributed by atoms with Crippen molar-refractivity contribution >= 4 is 15.9 Å². The Morgan fingerprint density at radius 3 is 2.68 bits per heavy atom. The van der Waals surface area contributed by atoms with Gasteiger partial charge in [0.15, 0.2) is 0 Å². The van der Waals surface area contributed by atoms with Gasteiger partial charge in [-0.25, -0.2) is 5.43 Å². The third-order valence-electron chi connectivity index (χ3n) is 4.75. The Morgan fingerprint density at radius 2 is 2.05 bits per heavy atom. The highest BCUT2D eigenvalue weighted by molar-refractivity contribution is 7.89. The van der Waals surface area contributed by atoms with E-state index in [1.807, 2.05) is 6.92 Å². The number of aryl methyl sites for hydroxylation is 1. The van der Waals surface area contributed by atoms with Gasteiger partial charge in [-0.05, 0) is 37.8 Å². The lowest BCUT2D eigenvalue weighted by Crippen LogP contribution is -2.63. The molecule has 0 bridgehead atoms. The van der Waals surface area contributed by atoms with Gasteiger partial charge in [0, 0.05) is 6.42 Å². The van der Waals surface area contributed by atoms with Gasteiger partial charge in [-0.3, -0.25) is 4.79 Å². The van der Waals surface area contributed by atoms with Crippen molar-refractivity contribution in [2.24, 2.45) is 5.92 Å². The van der Waals surface area contributed by atoms with Crippen LogP contribution in [0.1, 0.15) is 31.2 Å². The fourth-order valence-electron chi connectivity index (χ4n) is 3.40. The Morgan fingerprint density at radius 1 is 1.36 bits per heavy atom. The number of nitrogens with zero attached hydrogens (tertiary/aromatic N) is 1. The lowest BCUT2D eigenvalue weighted by atomic mass is 9.84. The van der Waals surface area contributed by atoms with E-state index >= 15 is 0 Å². The quantitative estimate of drug-likeness (QED) is 0.867. The number of amides is 1. The molecule has 1 aliphatic heterocycles. The molecule has 1 amide bonds. The predicted octanol–water partition coefficient (Wildman–Crippen LogP) is 2.15. The van der Waals surface area contributed by atoms with Crippen LogP contribution >= 0.6 is 0 Å². The first kappa shape index (κ1) is 15.2. The molecule has 118 valence electrons. The van der Waals surface area contributed by atoms with Crippen LogP contribution in [0.4, 0.5) is 0 Å². The summed E-state index contributed by atoms with van der Waals surface area (Å²) >= 11 is 0. The van der Waals surface area contributed by atoms with Gasteiger partial charge in [0.05, 0.1) is 10.4 Å². The minimum atomic E-state index is -3.89. The summed E-state index contributed by atoms with van der Waals surface area (Å²) in [6, 6.07) is 6.51. The number of carbonyl (C=O) groups excluding carboxylic acids is 1. The molecule has 22 heavy (non-hydrogen) atoms. The van der Waals surface area contributed by atoms with Crippen molar-refractivity contribution in [3.8, 4) is 0 Å². The van der Waals surface area contributed by atoms with Gasteiger partial charge in [0.2, 0.25) is 0 Å². The summed E-state index contributed by atoms with van der Waals surface area (Å²) in [7, 11) is -3.89. The number of carbonyl (C=O) groups is 1. The topological polar surface area (TPSA) is 66.5 Å². The van der Waals surface area contributed by atoms with Crippen LogP contribution in [0.3, 0.4) is 0 Å². The van der Waals surface area contributed by atoms with E-state index in [1.165, 1.54) is 12.1 Å². The van der Waals surface area contributed by atoms with Crippen LogP contribution in [0.25, 0.3) is 0 Å². The zero-order valence-electron chi connectivity index (χ0n) is 12.6. The van der Waals surface area contributed by atoms with Crippen LogP contribution in [0.2, 0.25) is 0 Å². The minimum Gasteiger partial charge on any atom is -0.272 e. The summed E-state index contributed by atoms with van der Waals surface area (Å²) < 4.78 is 26.3. The Bertz CT molecular complexity index is 711. The summed E-state index contributed by atoms with van der Waals surface area (Å²) in [6.45, 7) is 5.73. The van der Waals surface area contributed by atoms with Crippen molar-refractivity contribution in [2.45, 2.75) is 43.0 Å². The summed E-state index contributed by atoms with van der Waals surface area (Å²) in [5.41, 5.74) is 3.43. The van der Waals surface area contributed by atoms with E-state index in [9.17, 15) is 13.2 Å². The number of hydrogen-bond donors (Lipinski definition) is 1. The Balaban J connectivity index is 1.98. The second-order valence-electron chi connectivity index (χ2n) is 6.13. The van der Waals surface area contributed by atoms with Crippen LogP contribution < -0.4 is 5.43 Å². The molecule has 2 aliphatic rings. The SMILES string of the molecule is C=C[C@@]12CCC[C@@H]1CC(=O)N(S(=O)(=O)c1ccc(C)cc1)N2. The number of nitrogens with one attached hydrogen (secondary N) is 1. The van der Waals surface area contributed by atoms with Crippen LogP contribution in [-0.4, -0.2) is 24.3 Å². The van der Waals surface area contributed by atoms with Crippen molar-refractivity contribution in [3.05, 3.63) is 42.5 Å². The monoisotopic (exact) mass is 320 g/mol. The molecule has 1 aromatic rings. The molecular formula is C16H20N2O3S. The van der Waals surface area contributed by atoms with E-state index in [-0.39, 0.29) is 17.2 Å². The van der Waals surface area contributed by atoms with Gasteiger partial charge in [-0.2, -0.15) is 12.8 Å². The molecule has 0 radical (unpaired) electrons. The number of rotatable bonds is 3. The average molecular weight is 320 g/mol. The maximum Gasteiger partial charge on any atom is 0.280 e. The first-order valence-electron chi connectivity index (χ1n) is 7.45. The van der Waals surface area contributed by atoms with E-state index in [1.54, 1.807) is 18.2 Å². The maximum atomic E-state index is 12.8. The van der Waals surface area contributed by atoms with Crippen molar-refractivity contribution in [3.63, 3.8) is 0 Å². The molecule has 1 heterocycles. The zero-order chi connectivity index (χ0) is 16.0. The van der Waals surface area contributed by atoms with Crippen molar-refractivity contribution < 1.29 is 13.2 Å². The van der Waals surface area contributed by atoms with E-state index in [0.29, 0.717) is 0 Å². The molecule has 3 rings (SSSR count). The highest BCUT2D eigenvalue weighted by Gasteiger charge is 2.50. The molecule has 1 N–H and O–H groups in total. The molecule has 1 saturated carbocycles. The molecule has 0 unspecified atom stereocenters. The van der Waals surface area contributed by atoms with Gasteiger partial charge < -0.3 is 0 Å². The smallest absolute Gasteiger partial charge is 0.272 e. The average Bonchev–Trinajstić information content (AvgIpc) is 2.90. The predicted molar refractivity (Wildman–Crippen MR) is 83.2 cm³/mol. The normalized spacial score (nSPS) is 28.5. The number of hydrazine groups is 1. The Hall–Kier alpha value is -1.66. The highest BCUT2D eigenvalue weighted by Crippen LogP contribution is 2.42. The molecule has 1 saturated heterocycles. The minimum absolute atomic E-state index is 0.120. The molecule has 0 aromatic heterocycles. The van der Waals surface area contributed by atoms with E-state index < -0.39 is 21.5 Å². The van der Waals surface area contributed by atoms with Gasteiger partial charge in [-0.1, -0.05) is 30.2 Å². The molecule has 1 aromatic carbocycles. The molecule has 6 heteroatoms. The molecule has 0 spiro atoms. The molecule has 5 nitrogen and oxygen atoms in total. The third kappa shape index (κ3) is 2.27.